The molecule has 5 heteroatoms. The lowest BCUT2D eigenvalue weighted by Gasteiger charge is -2.41. The lowest BCUT2D eigenvalue weighted by Crippen LogP contribution is -2.58. The maximum atomic E-state index is 12.6. The van der Waals surface area contributed by atoms with Gasteiger partial charge < -0.3 is 15.3 Å². The number of halogens is 1. The first-order valence-electron chi connectivity index (χ1n) is 8.54. The highest BCUT2D eigenvalue weighted by Gasteiger charge is 2.42. The minimum atomic E-state index is -1.27. The third-order valence-electron chi connectivity index (χ3n) is 5.10. The molecule has 1 aliphatic heterocycles. The van der Waals surface area contributed by atoms with Crippen LogP contribution >= 0.6 is 11.6 Å². The van der Waals surface area contributed by atoms with Crippen LogP contribution in [0.15, 0.2) is 24.3 Å². The molecule has 1 amide bonds. The second-order valence-electron chi connectivity index (χ2n) is 6.88. The number of benzene rings is 1. The maximum Gasteiger partial charge on any atom is 0.255 e. The van der Waals surface area contributed by atoms with E-state index in [0.717, 1.165) is 25.1 Å². The van der Waals surface area contributed by atoms with Crippen molar-refractivity contribution in [1.82, 2.24) is 10.2 Å². The van der Waals surface area contributed by atoms with E-state index in [-0.39, 0.29) is 12.5 Å². The Labute approximate surface area is 142 Å². The number of hydrogen-bond donors (Lipinski definition) is 2. The summed E-state index contributed by atoms with van der Waals surface area (Å²) in [5, 5.41) is 14.7. The van der Waals surface area contributed by atoms with Crippen LogP contribution in [-0.2, 0) is 11.3 Å². The van der Waals surface area contributed by atoms with Crippen molar-refractivity contribution in [2.24, 2.45) is 5.92 Å². The largest absolute Gasteiger partial charge is 0.379 e. The van der Waals surface area contributed by atoms with E-state index < -0.39 is 5.60 Å². The number of nitrogens with zero attached hydrogens (tertiary/aromatic N) is 1. The molecule has 0 aromatic heterocycles. The summed E-state index contributed by atoms with van der Waals surface area (Å²) >= 11 is 6.13. The van der Waals surface area contributed by atoms with Crippen molar-refractivity contribution in [1.29, 1.82) is 0 Å². The molecule has 1 aliphatic carbocycles. The van der Waals surface area contributed by atoms with Crippen LogP contribution in [0.5, 0.6) is 0 Å². The van der Waals surface area contributed by atoms with Gasteiger partial charge in [0, 0.05) is 31.2 Å². The number of rotatable bonds is 6. The number of piperidine rings is 1. The quantitative estimate of drug-likeness (QED) is 0.839. The van der Waals surface area contributed by atoms with E-state index in [0.29, 0.717) is 23.9 Å². The van der Waals surface area contributed by atoms with Crippen LogP contribution in [-0.4, -0.2) is 41.1 Å². The van der Waals surface area contributed by atoms with Gasteiger partial charge in [0.05, 0.1) is 0 Å². The standard InChI is InChI=1S/C18H25ClN2O2/c19-16-8-2-1-7-15(16)11-20-13-18(23)9-4-10-21(17(18)22)12-14-5-3-6-14/h1-2,7-8,14,20,23H,3-6,9-13H2/t18-/m1/s1. The van der Waals surface area contributed by atoms with Crippen LogP contribution in [0.4, 0.5) is 0 Å². The molecule has 0 radical (unpaired) electrons. The summed E-state index contributed by atoms with van der Waals surface area (Å²) in [5.74, 6) is 0.527. The Morgan fingerprint density at radius 1 is 1.30 bits per heavy atom. The lowest BCUT2D eigenvalue weighted by atomic mass is 9.83. The van der Waals surface area contributed by atoms with Gasteiger partial charge in [-0.3, -0.25) is 4.79 Å². The van der Waals surface area contributed by atoms with Gasteiger partial charge in [-0.1, -0.05) is 36.2 Å². The Morgan fingerprint density at radius 3 is 2.78 bits per heavy atom. The average Bonchev–Trinajstić information content (AvgIpc) is 2.49. The summed E-state index contributed by atoms with van der Waals surface area (Å²) in [6.07, 6.45) is 5.10. The molecule has 4 nitrogen and oxygen atoms in total. The predicted molar refractivity (Wildman–Crippen MR) is 91.3 cm³/mol. The fraction of sp³-hybridized carbons (Fsp3) is 0.611. The third-order valence-corrected chi connectivity index (χ3v) is 5.47. The van der Waals surface area contributed by atoms with Crippen molar-refractivity contribution in [3.05, 3.63) is 34.9 Å². The van der Waals surface area contributed by atoms with Gasteiger partial charge in [-0.2, -0.15) is 0 Å². The molecule has 3 rings (SSSR count). The Hall–Kier alpha value is -1.10. The van der Waals surface area contributed by atoms with E-state index in [1.54, 1.807) is 0 Å². The molecule has 1 heterocycles. The number of carbonyl (C=O) groups is 1. The number of aliphatic hydroxyl groups is 1. The lowest BCUT2D eigenvalue weighted by molar-refractivity contribution is -0.157. The van der Waals surface area contributed by atoms with E-state index in [1.165, 1.54) is 19.3 Å². The second-order valence-corrected chi connectivity index (χ2v) is 7.29. The molecular formula is C18H25ClN2O2. The van der Waals surface area contributed by atoms with E-state index in [2.05, 4.69) is 5.32 Å². The van der Waals surface area contributed by atoms with E-state index >= 15 is 0 Å². The summed E-state index contributed by atoms with van der Waals surface area (Å²) < 4.78 is 0. The first kappa shape index (κ1) is 16.7. The van der Waals surface area contributed by atoms with Crippen molar-refractivity contribution in [3.63, 3.8) is 0 Å². The van der Waals surface area contributed by atoms with Crippen molar-refractivity contribution in [3.8, 4) is 0 Å². The topological polar surface area (TPSA) is 52.6 Å². The van der Waals surface area contributed by atoms with Crippen molar-refractivity contribution in [2.75, 3.05) is 19.6 Å². The number of carbonyl (C=O) groups excluding carboxylic acids is 1. The van der Waals surface area contributed by atoms with Gasteiger partial charge in [-0.25, -0.2) is 0 Å². The summed E-state index contributed by atoms with van der Waals surface area (Å²) in [6.45, 7) is 2.42. The molecular weight excluding hydrogens is 312 g/mol. The SMILES string of the molecule is O=C1N(CC2CCC2)CCC[C@@]1(O)CNCc1ccccc1Cl. The fourth-order valence-electron chi connectivity index (χ4n) is 3.44. The molecule has 1 atom stereocenters. The Morgan fingerprint density at radius 2 is 2.09 bits per heavy atom. The molecule has 0 bridgehead atoms. The van der Waals surface area contributed by atoms with Gasteiger partial charge in [0.15, 0.2) is 5.60 Å². The number of nitrogens with one attached hydrogen (secondary N) is 1. The number of hydrogen-bond acceptors (Lipinski definition) is 3. The number of likely N-dealkylation sites (tertiary alicyclic amines) is 1. The van der Waals surface area contributed by atoms with Gasteiger partial charge in [0.25, 0.3) is 5.91 Å². The van der Waals surface area contributed by atoms with Gasteiger partial charge in [-0.15, -0.1) is 0 Å². The molecule has 2 N–H and O–H groups in total. The minimum absolute atomic E-state index is 0.109. The van der Waals surface area contributed by atoms with E-state index in [4.69, 9.17) is 11.6 Å². The van der Waals surface area contributed by atoms with Crippen LogP contribution in [0.1, 0.15) is 37.7 Å². The van der Waals surface area contributed by atoms with Gasteiger partial charge in [0.2, 0.25) is 0 Å². The second kappa shape index (κ2) is 7.20. The first-order valence-corrected chi connectivity index (χ1v) is 8.92. The van der Waals surface area contributed by atoms with E-state index in [9.17, 15) is 9.90 Å². The molecule has 2 aliphatic rings. The van der Waals surface area contributed by atoms with Crippen molar-refractivity contribution in [2.45, 2.75) is 44.2 Å². The van der Waals surface area contributed by atoms with Crippen LogP contribution in [0.25, 0.3) is 0 Å². The Balaban J connectivity index is 1.54. The summed E-state index contributed by atoms with van der Waals surface area (Å²) in [7, 11) is 0. The molecule has 23 heavy (non-hydrogen) atoms. The Kier molecular flexibility index (Phi) is 5.24. The molecule has 2 fully saturated rings. The van der Waals surface area contributed by atoms with Gasteiger partial charge in [-0.05, 0) is 43.2 Å². The van der Waals surface area contributed by atoms with Gasteiger partial charge >= 0.3 is 0 Å². The highest BCUT2D eigenvalue weighted by molar-refractivity contribution is 6.31. The molecule has 1 aromatic rings. The smallest absolute Gasteiger partial charge is 0.255 e. The van der Waals surface area contributed by atoms with Crippen LogP contribution in [0.3, 0.4) is 0 Å². The van der Waals surface area contributed by atoms with E-state index in [1.807, 2.05) is 29.2 Å². The van der Waals surface area contributed by atoms with Crippen molar-refractivity contribution < 1.29 is 9.90 Å². The first-order chi connectivity index (χ1) is 11.1. The maximum absolute atomic E-state index is 12.6. The molecule has 1 saturated heterocycles. The molecule has 0 unspecified atom stereocenters. The van der Waals surface area contributed by atoms with Crippen molar-refractivity contribution >= 4 is 17.5 Å². The molecule has 1 saturated carbocycles. The number of amides is 1. The van der Waals surface area contributed by atoms with Crippen LogP contribution in [0.2, 0.25) is 5.02 Å². The van der Waals surface area contributed by atoms with Crippen LogP contribution < -0.4 is 5.32 Å². The zero-order valence-corrected chi connectivity index (χ0v) is 14.2. The molecule has 1 aromatic carbocycles. The minimum Gasteiger partial charge on any atom is -0.379 e. The fourth-order valence-corrected chi connectivity index (χ4v) is 3.64. The summed E-state index contributed by atoms with van der Waals surface area (Å²) in [4.78, 5) is 14.5. The molecule has 0 spiro atoms. The zero-order chi connectivity index (χ0) is 16.3. The van der Waals surface area contributed by atoms with Crippen LogP contribution in [0, 0.1) is 5.92 Å². The Bertz CT molecular complexity index is 562. The zero-order valence-electron chi connectivity index (χ0n) is 13.4. The summed E-state index contributed by atoms with van der Waals surface area (Å²) in [6, 6.07) is 7.62. The predicted octanol–water partition coefficient (Wildman–Crippen LogP) is 2.58. The normalized spacial score (nSPS) is 25.5. The van der Waals surface area contributed by atoms with Gasteiger partial charge in [0.1, 0.15) is 0 Å². The molecule has 126 valence electrons. The highest BCUT2D eigenvalue weighted by atomic mass is 35.5. The summed E-state index contributed by atoms with van der Waals surface area (Å²) in [5.41, 5.74) is -0.296. The third kappa shape index (κ3) is 3.87. The monoisotopic (exact) mass is 336 g/mol. The average molecular weight is 337 g/mol. The highest BCUT2D eigenvalue weighted by Crippen LogP contribution is 2.30.